The summed E-state index contributed by atoms with van der Waals surface area (Å²) in [6, 6.07) is 14.9. The van der Waals surface area contributed by atoms with E-state index in [1.54, 1.807) is 34.2 Å². The number of amides is 2. The van der Waals surface area contributed by atoms with E-state index >= 15 is 0 Å². The predicted octanol–water partition coefficient (Wildman–Crippen LogP) is 3.21. The van der Waals surface area contributed by atoms with E-state index in [1.807, 2.05) is 36.4 Å². The number of rotatable bonds is 4. The first-order chi connectivity index (χ1) is 14.6. The Labute approximate surface area is 179 Å². The number of hydrogen-bond acceptors (Lipinski definition) is 4. The summed E-state index contributed by atoms with van der Waals surface area (Å²) in [6.07, 6.45) is 5.19. The van der Waals surface area contributed by atoms with Crippen molar-refractivity contribution in [2.24, 2.45) is 0 Å². The predicted molar refractivity (Wildman–Crippen MR) is 117 cm³/mol. The van der Waals surface area contributed by atoms with Crippen molar-refractivity contribution in [3.63, 3.8) is 0 Å². The number of aromatic nitrogens is 2. The summed E-state index contributed by atoms with van der Waals surface area (Å²) in [7, 11) is 0. The molecular formula is C23H21ClN4O2. The lowest BCUT2D eigenvalue weighted by Crippen LogP contribution is -2.50. The lowest BCUT2D eigenvalue weighted by atomic mass is 10.1. The number of nitrogens with zero attached hydrogens (tertiary/aromatic N) is 4. The third kappa shape index (κ3) is 4.83. The molecule has 7 heteroatoms. The molecule has 0 unspecified atom stereocenters. The van der Waals surface area contributed by atoms with Crippen molar-refractivity contribution < 1.29 is 9.59 Å². The summed E-state index contributed by atoms with van der Waals surface area (Å²) in [5.41, 5.74) is 3.18. The van der Waals surface area contributed by atoms with Gasteiger partial charge in [0, 0.05) is 37.3 Å². The molecule has 1 aromatic heterocycles. The average Bonchev–Trinajstić information content (AvgIpc) is 2.79. The van der Waals surface area contributed by atoms with Gasteiger partial charge < -0.3 is 9.80 Å². The van der Waals surface area contributed by atoms with Crippen molar-refractivity contribution >= 4 is 40.5 Å². The zero-order chi connectivity index (χ0) is 20.9. The van der Waals surface area contributed by atoms with E-state index in [2.05, 4.69) is 9.97 Å². The number of fused-ring (bicyclic) bond motifs is 1. The van der Waals surface area contributed by atoms with Gasteiger partial charge in [0.25, 0.3) is 0 Å². The Morgan fingerprint density at radius 2 is 1.60 bits per heavy atom. The van der Waals surface area contributed by atoms with E-state index in [0.29, 0.717) is 43.3 Å². The highest BCUT2D eigenvalue weighted by Crippen LogP contribution is 2.13. The lowest BCUT2D eigenvalue weighted by Gasteiger charge is -2.34. The second kappa shape index (κ2) is 9.05. The Hall–Kier alpha value is -3.25. The van der Waals surface area contributed by atoms with Crippen LogP contribution in [-0.4, -0.2) is 57.8 Å². The molecule has 30 heavy (non-hydrogen) atoms. The number of hydrogen-bond donors (Lipinski definition) is 0. The second-order valence-electron chi connectivity index (χ2n) is 7.13. The summed E-state index contributed by atoms with van der Waals surface area (Å²) in [5.74, 6) is -0.0267. The number of benzene rings is 2. The molecule has 1 aliphatic rings. The van der Waals surface area contributed by atoms with Gasteiger partial charge in [-0.2, -0.15) is 0 Å². The minimum Gasteiger partial charge on any atom is -0.339 e. The van der Waals surface area contributed by atoms with E-state index in [0.717, 1.165) is 16.6 Å². The fraction of sp³-hybridized carbons (Fsp3) is 0.217. The first-order valence-corrected chi connectivity index (χ1v) is 10.2. The Morgan fingerprint density at radius 3 is 2.33 bits per heavy atom. The molecule has 6 nitrogen and oxygen atoms in total. The molecule has 0 aliphatic carbocycles. The first kappa shape index (κ1) is 20.0. The van der Waals surface area contributed by atoms with Crippen LogP contribution in [0.15, 0.2) is 60.8 Å². The molecule has 1 saturated heterocycles. The molecule has 4 rings (SSSR count). The number of piperazine rings is 1. The van der Waals surface area contributed by atoms with E-state index in [-0.39, 0.29) is 11.8 Å². The molecule has 0 saturated carbocycles. The molecule has 0 N–H and O–H groups in total. The van der Waals surface area contributed by atoms with Gasteiger partial charge in [-0.15, -0.1) is 0 Å². The van der Waals surface area contributed by atoms with Crippen LogP contribution in [-0.2, 0) is 16.0 Å². The Morgan fingerprint density at radius 1 is 0.933 bits per heavy atom. The van der Waals surface area contributed by atoms with Crippen molar-refractivity contribution in [1.29, 1.82) is 0 Å². The average molecular weight is 421 g/mol. The van der Waals surface area contributed by atoms with Crippen molar-refractivity contribution in [3.8, 4) is 0 Å². The highest BCUT2D eigenvalue weighted by Gasteiger charge is 2.23. The molecule has 3 aromatic rings. The maximum absolute atomic E-state index is 12.5. The van der Waals surface area contributed by atoms with Crippen LogP contribution in [0.4, 0.5) is 0 Å². The lowest BCUT2D eigenvalue weighted by molar-refractivity contribution is -0.136. The number of para-hydroxylation sites is 2. The minimum absolute atomic E-state index is 0.0615. The van der Waals surface area contributed by atoms with Gasteiger partial charge in [-0.05, 0) is 35.9 Å². The fourth-order valence-corrected chi connectivity index (χ4v) is 3.50. The van der Waals surface area contributed by atoms with Crippen LogP contribution in [0.2, 0.25) is 5.02 Å². The molecule has 1 aliphatic heterocycles. The SMILES string of the molecule is O=C(/C=C/c1cnc2ccccc2n1)N1CCN(C(=O)Cc2ccc(Cl)cc2)CC1. The maximum Gasteiger partial charge on any atom is 0.246 e. The van der Waals surface area contributed by atoms with Crippen LogP contribution in [0.3, 0.4) is 0 Å². The van der Waals surface area contributed by atoms with Gasteiger partial charge in [0.2, 0.25) is 11.8 Å². The summed E-state index contributed by atoms with van der Waals surface area (Å²) in [5, 5.41) is 0.654. The topological polar surface area (TPSA) is 66.4 Å². The molecule has 2 amide bonds. The van der Waals surface area contributed by atoms with Crippen LogP contribution in [0.5, 0.6) is 0 Å². The minimum atomic E-state index is -0.0882. The molecule has 2 heterocycles. The van der Waals surface area contributed by atoms with E-state index in [9.17, 15) is 9.59 Å². The third-order valence-corrected chi connectivity index (χ3v) is 5.33. The quantitative estimate of drug-likeness (QED) is 0.608. The Bertz CT molecular complexity index is 1090. The highest BCUT2D eigenvalue weighted by atomic mass is 35.5. The van der Waals surface area contributed by atoms with E-state index in [4.69, 9.17) is 11.6 Å². The monoisotopic (exact) mass is 420 g/mol. The highest BCUT2D eigenvalue weighted by molar-refractivity contribution is 6.30. The first-order valence-electron chi connectivity index (χ1n) is 9.79. The number of halogens is 1. The largest absolute Gasteiger partial charge is 0.339 e. The Kier molecular flexibility index (Phi) is 6.05. The van der Waals surface area contributed by atoms with Crippen molar-refractivity contribution in [2.45, 2.75) is 6.42 Å². The maximum atomic E-state index is 12.5. The van der Waals surface area contributed by atoms with Crippen LogP contribution in [0.1, 0.15) is 11.3 Å². The molecule has 152 valence electrons. The van der Waals surface area contributed by atoms with E-state index < -0.39 is 0 Å². The summed E-state index contributed by atoms with van der Waals surface area (Å²) >= 11 is 5.89. The van der Waals surface area contributed by atoms with Crippen LogP contribution in [0, 0.1) is 0 Å². The summed E-state index contributed by atoms with van der Waals surface area (Å²) in [4.78, 5) is 37.4. The van der Waals surface area contributed by atoms with Crippen LogP contribution >= 0.6 is 11.6 Å². The molecule has 0 spiro atoms. The zero-order valence-electron chi connectivity index (χ0n) is 16.4. The van der Waals surface area contributed by atoms with Gasteiger partial charge in [0.15, 0.2) is 0 Å². The molecule has 0 atom stereocenters. The smallest absolute Gasteiger partial charge is 0.246 e. The molecule has 0 bridgehead atoms. The normalized spacial score (nSPS) is 14.4. The van der Waals surface area contributed by atoms with Crippen LogP contribution < -0.4 is 0 Å². The molecule has 2 aromatic carbocycles. The molecule has 0 radical (unpaired) electrons. The van der Waals surface area contributed by atoms with Gasteiger partial charge in [0.1, 0.15) is 0 Å². The van der Waals surface area contributed by atoms with Gasteiger partial charge in [0.05, 0.1) is 29.3 Å². The van der Waals surface area contributed by atoms with E-state index in [1.165, 1.54) is 6.08 Å². The zero-order valence-corrected chi connectivity index (χ0v) is 17.1. The second-order valence-corrected chi connectivity index (χ2v) is 7.56. The molecule has 1 fully saturated rings. The van der Waals surface area contributed by atoms with Gasteiger partial charge in [-0.3, -0.25) is 14.6 Å². The molecular weight excluding hydrogens is 400 g/mol. The number of carbonyl (C=O) groups excluding carboxylic acids is 2. The van der Waals surface area contributed by atoms with Gasteiger partial charge >= 0.3 is 0 Å². The Balaban J connectivity index is 1.30. The third-order valence-electron chi connectivity index (χ3n) is 5.08. The van der Waals surface area contributed by atoms with Crippen molar-refractivity contribution in [2.75, 3.05) is 26.2 Å². The fourth-order valence-electron chi connectivity index (χ4n) is 3.38. The summed E-state index contributed by atoms with van der Waals surface area (Å²) in [6.45, 7) is 2.08. The van der Waals surface area contributed by atoms with Crippen molar-refractivity contribution in [1.82, 2.24) is 19.8 Å². The van der Waals surface area contributed by atoms with Crippen LogP contribution in [0.25, 0.3) is 17.1 Å². The standard InChI is InChI=1S/C23H21ClN4O2/c24-18-7-5-17(6-8-18)15-23(30)28-13-11-27(12-14-28)22(29)10-9-19-16-25-20-3-1-2-4-21(20)26-19/h1-10,16H,11-15H2/b10-9+. The summed E-state index contributed by atoms with van der Waals surface area (Å²) < 4.78 is 0. The number of carbonyl (C=O) groups is 2. The van der Waals surface area contributed by atoms with Crippen molar-refractivity contribution in [3.05, 3.63) is 77.1 Å². The van der Waals surface area contributed by atoms with Gasteiger partial charge in [-0.1, -0.05) is 35.9 Å². The van der Waals surface area contributed by atoms with Gasteiger partial charge in [-0.25, -0.2) is 4.98 Å².